The first kappa shape index (κ1) is 19.5. The van der Waals surface area contributed by atoms with Crippen molar-refractivity contribution in [2.75, 3.05) is 13.7 Å². The highest BCUT2D eigenvalue weighted by Crippen LogP contribution is 2.17. The number of ether oxygens (including phenoxy) is 1. The number of halogens is 4. The summed E-state index contributed by atoms with van der Waals surface area (Å²) in [5.74, 6) is 0.0351. The molecule has 0 unspecified atom stereocenters. The van der Waals surface area contributed by atoms with Gasteiger partial charge in [0.15, 0.2) is 12.6 Å². The minimum absolute atomic E-state index is 0.104. The number of hydrogen-bond donors (Lipinski definition) is 2. The molecule has 2 rings (SSSR count). The molecule has 0 aliphatic carbocycles. The Labute approximate surface area is 148 Å². The third-order valence-electron chi connectivity index (χ3n) is 3.27. The number of aliphatic imine (C=N–C) groups is 1. The lowest BCUT2D eigenvalue weighted by Gasteiger charge is -2.13. The quantitative estimate of drug-likeness (QED) is 0.466. The second kappa shape index (κ2) is 9.02. The lowest BCUT2D eigenvalue weighted by molar-refractivity contribution is -0.154. The number of benzene rings is 1. The normalized spacial score (nSPS) is 12.0. The number of hydrogen-bond acceptors (Lipinski definition) is 3. The van der Waals surface area contributed by atoms with Crippen LogP contribution >= 0.6 is 0 Å². The number of aromatic nitrogens is 1. The van der Waals surface area contributed by atoms with Gasteiger partial charge in [0.25, 0.3) is 0 Å². The van der Waals surface area contributed by atoms with Gasteiger partial charge in [0.1, 0.15) is 5.82 Å². The average Bonchev–Trinajstić information content (AvgIpc) is 2.62. The maximum absolute atomic E-state index is 13.6. The first-order valence-electron chi connectivity index (χ1n) is 7.70. The molecule has 0 atom stereocenters. The topological polar surface area (TPSA) is 58.5 Å². The van der Waals surface area contributed by atoms with Crippen LogP contribution in [0.1, 0.15) is 11.1 Å². The molecular weight excluding hydrogens is 352 g/mol. The lowest BCUT2D eigenvalue weighted by Crippen LogP contribution is -2.36. The van der Waals surface area contributed by atoms with E-state index in [1.165, 1.54) is 18.3 Å². The minimum Gasteiger partial charge on any atom is -0.468 e. The Hall–Kier alpha value is -2.84. The van der Waals surface area contributed by atoms with Crippen LogP contribution in [0.15, 0.2) is 47.6 Å². The van der Waals surface area contributed by atoms with E-state index < -0.39 is 12.8 Å². The summed E-state index contributed by atoms with van der Waals surface area (Å²) < 4.78 is 54.4. The summed E-state index contributed by atoms with van der Waals surface area (Å²) in [6, 6.07) is 9.35. The van der Waals surface area contributed by atoms with Crippen molar-refractivity contribution >= 4 is 5.96 Å². The Morgan fingerprint density at radius 1 is 1.12 bits per heavy atom. The molecule has 0 saturated carbocycles. The van der Waals surface area contributed by atoms with Crippen LogP contribution < -0.4 is 15.4 Å². The van der Waals surface area contributed by atoms with Gasteiger partial charge >= 0.3 is 6.18 Å². The second-order valence-electron chi connectivity index (χ2n) is 5.28. The van der Waals surface area contributed by atoms with Crippen LogP contribution in [0.25, 0.3) is 0 Å². The first-order valence-corrected chi connectivity index (χ1v) is 7.70. The van der Waals surface area contributed by atoms with Gasteiger partial charge in [-0.25, -0.2) is 9.37 Å². The molecule has 1 aromatic heterocycles. The number of alkyl halides is 3. The fourth-order valence-electron chi connectivity index (χ4n) is 1.98. The van der Waals surface area contributed by atoms with E-state index >= 15 is 0 Å². The van der Waals surface area contributed by atoms with Gasteiger partial charge in [-0.3, -0.25) is 4.99 Å². The Balaban J connectivity index is 1.82. The third-order valence-corrected chi connectivity index (χ3v) is 3.27. The molecule has 26 heavy (non-hydrogen) atoms. The second-order valence-corrected chi connectivity index (χ2v) is 5.28. The zero-order valence-electron chi connectivity index (χ0n) is 14.0. The van der Waals surface area contributed by atoms with E-state index in [2.05, 4.69) is 25.3 Å². The van der Waals surface area contributed by atoms with Crippen molar-refractivity contribution in [1.29, 1.82) is 0 Å². The van der Waals surface area contributed by atoms with Gasteiger partial charge < -0.3 is 15.4 Å². The van der Waals surface area contributed by atoms with Gasteiger partial charge in [0.2, 0.25) is 5.88 Å². The van der Waals surface area contributed by atoms with Crippen molar-refractivity contribution in [3.05, 3.63) is 59.5 Å². The Bertz CT molecular complexity index is 732. The van der Waals surface area contributed by atoms with Crippen LogP contribution in [-0.2, 0) is 13.1 Å². The van der Waals surface area contributed by atoms with Crippen LogP contribution in [0.4, 0.5) is 17.6 Å². The summed E-state index contributed by atoms with van der Waals surface area (Å²) in [5.41, 5.74) is 1.22. The minimum atomic E-state index is -4.40. The highest BCUT2D eigenvalue weighted by Gasteiger charge is 2.28. The molecule has 0 bridgehead atoms. The maximum atomic E-state index is 13.6. The lowest BCUT2D eigenvalue weighted by atomic mass is 10.2. The average molecular weight is 370 g/mol. The van der Waals surface area contributed by atoms with Gasteiger partial charge in [-0.1, -0.05) is 24.3 Å². The summed E-state index contributed by atoms with van der Waals surface area (Å²) in [4.78, 5) is 7.84. The number of nitrogens with one attached hydrogen (secondary N) is 2. The van der Waals surface area contributed by atoms with Gasteiger partial charge in [0.05, 0.1) is 0 Å². The maximum Gasteiger partial charge on any atom is 0.422 e. The molecule has 140 valence electrons. The number of nitrogens with zero attached hydrogens (tertiary/aromatic N) is 2. The molecule has 2 N–H and O–H groups in total. The van der Waals surface area contributed by atoms with Crippen molar-refractivity contribution in [1.82, 2.24) is 15.6 Å². The molecule has 1 aromatic carbocycles. The van der Waals surface area contributed by atoms with Crippen molar-refractivity contribution in [2.24, 2.45) is 4.99 Å². The molecule has 0 aliphatic rings. The smallest absolute Gasteiger partial charge is 0.422 e. The van der Waals surface area contributed by atoms with Crippen molar-refractivity contribution in [3.8, 4) is 5.88 Å². The summed E-state index contributed by atoms with van der Waals surface area (Å²) in [6.07, 6.45) is -3.00. The van der Waals surface area contributed by atoms with Gasteiger partial charge in [-0.15, -0.1) is 0 Å². The Kier molecular flexibility index (Phi) is 6.76. The predicted octanol–water partition coefficient (Wildman–Crippen LogP) is 3.03. The van der Waals surface area contributed by atoms with E-state index in [9.17, 15) is 17.6 Å². The van der Waals surface area contributed by atoms with E-state index in [0.29, 0.717) is 18.1 Å². The highest BCUT2D eigenvalue weighted by molar-refractivity contribution is 5.79. The summed E-state index contributed by atoms with van der Waals surface area (Å²) in [6.45, 7) is -0.789. The molecule has 0 spiro atoms. The fraction of sp³-hybridized carbons (Fsp3) is 0.294. The van der Waals surface area contributed by atoms with E-state index in [-0.39, 0.29) is 18.2 Å². The van der Waals surface area contributed by atoms with Crippen LogP contribution in [0, 0.1) is 5.82 Å². The number of guanidine groups is 1. The molecule has 9 heteroatoms. The van der Waals surface area contributed by atoms with Crippen molar-refractivity contribution in [3.63, 3.8) is 0 Å². The Morgan fingerprint density at radius 3 is 2.46 bits per heavy atom. The van der Waals surface area contributed by atoms with Gasteiger partial charge in [-0.2, -0.15) is 13.2 Å². The first-order chi connectivity index (χ1) is 12.4. The van der Waals surface area contributed by atoms with Crippen LogP contribution in [0.5, 0.6) is 5.88 Å². The van der Waals surface area contributed by atoms with Crippen molar-refractivity contribution in [2.45, 2.75) is 19.3 Å². The molecule has 0 aliphatic heterocycles. The third kappa shape index (κ3) is 6.58. The number of pyridine rings is 1. The van der Waals surface area contributed by atoms with E-state index in [1.807, 2.05) is 0 Å². The fourth-order valence-corrected chi connectivity index (χ4v) is 1.98. The zero-order chi connectivity index (χ0) is 19.0. The molecule has 0 radical (unpaired) electrons. The predicted molar refractivity (Wildman–Crippen MR) is 89.2 cm³/mol. The van der Waals surface area contributed by atoms with Crippen molar-refractivity contribution < 1.29 is 22.3 Å². The molecular formula is C17H18F4N4O. The van der Waals surface area contributed by atoms with E-state index in [0.717, 1.165) is 5.56 Å². The highest BCUT2D eigenvalue weighted by atomic mass is 19.4. The van der Waals surface area contributed by atoms with Crippen LogP contribution in [-0.4, -0.2) is 30.8 Å². The molecule has 0 amide bonds. The van der Waals surface area contributed by atoms with E-state index in [4.69, 9.17) is 0 Å². The largest absolute Gasteiger partial charge is 0.468 e. The SMILES string of the molecule is CN=C(NCc1ccc(OCC(F)(F)F)nc1)NCc1ccccc1F. The van der Waals surface area contributed by atoms with Gasteiger partial charge in [-0.05, 0) is 11.6 Å². The van der Waals surface area contributed by atoms with Crippen LogP contribution in [0.3, 0.4) is 0 Å². The summed E-state index contributed by atoms with van der Waals surface area (Å²) >= 11 is 0. The molecule has 0 saturated heterocycles. The number of rotatable bonds is 6. The summed E-state index contributed by atoms with van der Waals surface area (Å²) in [7, 11) is 1.57. The monoisotopic (exact) mass is 370 g/mol. The van der Waals surface area contributed by atoms with Gasteiger partial charge in [0, 0.05) is 38.0 Å². The Morgan fingerprint density at radius 2 is 1.85 bits per heavy atom. The van der Waals surface area contributed by atoms with Crippen LogP contribution in [0.2, 0.25) is 0 Å². The standard InChI is InChI=1S/C17H18F4N4O/c1-22-16(25-10-13-4-2-3-5-14(13)18)24-9-12-6-7-15(23-8-12)26-11-17(19,20)21/h2-8H,9-11H2,1H3,(H2,22,24,25). The molecule has 2 aromatic rings. The summed E-state index contributed by atoms with van der Waals surface area (Å²) in [5, 5.41) is 5.98. The molecule has 0 fully saturated rings. The molecule has 5 nitrogen and oxygen atoms in total. The van der Waals surface area contributed by atoms with E-state index in [1.54, 1.807) is 31.3 Å². The molecule has 1 heterocycles. The zero-order valence-corrected chi connectivity index (χ0v) is 14.0.